The minimum absolute atomic E-state index is 0.281. The van der Waals surface area contributed by atoms with E-state index in [-0.39, 0.29) is 5.82 Å². The second-order valence-corrected chi connectivity index (χ2v) is 6.00. The Hall–Kier alpha value is -3.00. The molecule has 0 atom stereocenters. The van der Waals surface area contributed by atoms with Crippen LogP contribution >= 0.6 is 12.2 Å². The van der Waals surface area contributed by atoms with E-state index in [2.05, 4.69) is 15.3 Å². The van der Waals surface area contributed by atoms with Crippen molar-refractivity contribution in [3.05, 3.63) is 70.0 Å². The van der Waals surface area contributed by atoms with Crippen LogP contribution in [0.5, 0.6) is 11.5 Å². The van der Waals surface area contributed by atoms with Crippen LogP contribution in [0, 0.1) is 10.6 Å². The van der Waals surface area contributed by atoms with Gasteiger partial charge in [-0.05, 0) is 49.0 Å². The van der Waals surface area contributed by atoms with E-state index >= 15 is 0 Å². The molecule has 1 N–H and O–H groups in total. The number of benzene rings is 2. The third-order valence-electron chi connectivity index (χ3n) is 3.82. The molecule has 0 radical (unpaired) electrons. The van der Waals surface area contributed by atoms with Crippen molar-refractivity contribution >= 4 is 18.4 Å². The number of halogens is 1. The Morgan fingerprint density at radius 3 is 2.74 bits per heavy atom. The van der Waals surface area contributed by atoms with Gasteiger partial charge >= 0.3 is 0 Å². The number of hydrogen-bond acceptors (Lipinski definition) is 5. The predicted molar refractivity (Wildman–Crippen MR) is 104 cm³/mol. The number of methoxy groups -OCH3 is 1. The summed E-state index contributed by atoms with van der Waals surface area (Å²) in [5.41, 5.74) is 1.65. The Balaban J connectivity index is 1.90. The van der Waals surface area contributed by atoms with Crippen LogP contribution in [-0.2, 0) is 6.42 Å². The van der Waals surface area contributed by atoms with Crippen molar-refractivity contribution in [2.75, 3.05) is 13.7 Å². The molecule has 27 heavy (non-hydrogen) atoms. The zero-order valence-electron chi connectivity index (χ0n) is 15.0. The summed E-state index contributed by atoms with van der Waals surface area (Å²) in [6, 6.07) is 11.8. The molecule has 1 aromatic heterocycles. The maximum Gasteiger partial charge on any atom is 0.216 e. The highest BCUT2D eigenvalue weighted by atomic mass is 32.1. The fourth-order valence-electron chi connectivity index (χ4n) is 2.58. The van der Waals surface area contributed by atoms with Crippen molar-refractivity contribution in [3.8, 4) is 11.5 Å². The van der Waals surface area contributed by atoms with Crippen LogP contribution in [0.4, 0.5) is 4.39 Å². The molecule has 0 aliphatic carbocycles. The third kappa shape index (κ3) is 4.40. The third-order valence-corrected chi connectivity index (χ3v) is 4.08. The van der Waals surface area contributed by atoms with Crippen LogP contribution in [0.3, 0.4) is 0 Å². The number of hydrogen-bond donors (Lipinski definition) is 1. The van der Waals surface area contributed by atoms with Crippen molar-refractivity contribution in [2.45, 2.75) is 13.3 Å². The first-order valence-corrected chi connectivity index (χ1v) is 8.78. The van der Waals surface area contributed by atoms with Gasteiger partial charge in [0.25, 0.3) is 0 Å². The maximum atomic E-state index is 13.1. The lowest BCUT2D eigenvalue weighted by Gasteiger charge is -2.11. The highest BCUT2D eigenvalue weighted by molar-refractivity contribution is 7.71. The lowest BCUT2D eigenvalue weighted by Crippen LogP contribution is -2.02. The van der Waals surface area contributed by atoms with E-state index in [1.54, 1.807) is 25.5 Å². The summed E-state index contributed by atoms with van der Waals surface area (Å²) < 4.78 is 26.0. The molecule has 8 heteroatoms. The first kappa shape index (κ1) is 18.8. The van der Waals surface area contributed by atoms with Gasteiger partial charge in [-0.3, -0.25) is 5.10 Å². The molecular weight excluding hydrogens is 367 g/mol. The van der Waals surface area contributed by atoms with Gasteiger partial charge in [-0.1, -0.05) is 18.2 Å². The number of ether oxygens (including phenoxy) is 2. The standard InChI is InChI=1S/C19H19FN4O2S/c1-3-26-16-6-4-5-14(18(16)25-2)12-21-24-17(22-23-19(24)27)11-13-7-9-15(20)10-8-13/h4-10,12H,3,11H2,1-2H3,(H,23,27)/b21-12-. The molecule has 3 aromatic rings. The molecular formula is C19H19FN4O2S. The smallest absolute Gasteiger partial charge is 0.216 e. The zero-order chi connectivity index (χ0) is 19.2. The minimum Gasteiger partial charge on any atom is -0.492 e. The van der Waals surface area contributed by atoms with Gasteiger partial charge in [-0.15, -0.1) is 0 Å². The summed E-state index contributed by atoms with van der Waals surface area (Å²) >= 11 is 5.27. The van der Waals surface area contributed by atoms with Crippen LogP contribution in [0.25, 0.3) is 0 Å². The van der Waals surface area contributed by atoms with Gasteiger partial charge in [0.15, 0.2) is 17.3 Å². The lowest BCUT2D eigenvalue weighted by atomic mass is 10.1. The van der Waals surface area contributed by atoms with E-state index in [4.69, 9.17) is 21.7 Å². The number of aromatic amines is 1. The van der Waals surface area contributed by atoms with Gasteiger partial charge in [-0.2, -0.15) is 14.9 Å². The Labute approximate surface area is 161 Å². The van der Waals surface area contributed by atoms with E-state index < -0.39 is 0 Å². The summed E-state index contributed by atoms with van der Waals surface area (Å²) in [5.74, 6) is 1.57. The van der Waals surface area contributed by atoms with Gasteiger partial charge in [0.05, 0.1) is 19.9 Å². The highest BCUT2D eigenvalue weighted by Crippen LogP contribution is 2.30. The highest BCUT2D eigenvalue weighted by Gasteiger charge is 2.10. The molecule has 0 spiro atoms. The van der Waals surface area contributed by atoms with E-state index in [1.807, 2.05) is 25.1 Å². The number of aromatic nitrogens is 3. The van der Waals surface area contributed by atoms with Crippen LogP contribution in [-0.4, -0.2) is 34.8 Å². The first-order valence-electron chi connectivity index (χ1n) is 8.37. The van der Waals surface area contributed by atoms with Crippen molar-refractivity contribution in [1.29, 1.82) is 0 Å². The van der Waals surface area contributed by atoms with E-state index in [9.17, 15) is 4.39 Å². The Morgan fingerprint density at radius 1 is 1.26 bits per heavy atom. The molecule has 3 rings (SSSR count). The Morgan fingerprint density at radius 2 is 2.04 bits per heavy atom. The van der Waals surface area contributed by atoms with Gasteiger partial charge in [0, 0.05) is 12.0 Å². The Bertz CT molecular complexity index is 996. The topological polar surface area (TPSA) is 64.4 Å². The molecule has 0 amide bonds. The number of H-pyrrole nitrogens is 1. The van der Waals surface area contributed by atoms with Gasteiger partial charge in [0.2, 0.25) is 4.77 Å². The minimum atomic E-state index is -0.281. The molecule has 0 fully saturated rings. The molecule has 0 bridgehead atoms. The largest absolute Gasteiger partial charge is 0.492 e. The average molecular weight is 386 g/mol. The van der Waals surface area contributed by atoms with E-state index in [0.29, 0.717) is 35.1 Å². The molecule has 0 aliphatic rings. The summed E-state index contributed by atoms with van der Waals surface area (Å²) in [6.45, 7) is 2.44. The predicted octanol–water partition coefficient (Wildman–Crippen LogP) is 3.96. The van der Waals surface area contributed by atoms with Gasteiger partial charge in [-0.25, -0.2) is 4.39 Å². The molecule has 0 unspecified atom stereocenters. The van der Waals surface area contributed by atoms with Crippen molar-refractivity contribution in [2.24, 2.45) is 5.10 Å². The van der Waals surface area contributed by atoms with Crippen molar-refractivity contribution in [3.63, 3.8) is 0 Å². The number of para-hydroxylation sites is 1. The zero-order valence-corrected chi connectivity index (χ0v) is 15.8. The second-order valence-electron chi connectivity index (χ2n) is 5.62. The van der Waals surface area contributed by atoms with Gasteiger partial charge in [0.1, 0.15) is 5.82 Å². The van der Waals surface area contributed by atoms with Crippen molar-refractivity contribution < 1.29 is 13.9 Å². The summed E-state index contributed by atoms with van der Waals surface area (Å²) in [5, 5.41) is 11.4. The lowest BCUT2D eigenvalue weighted by molar-refractivity contribution is 0.310. The summed E-state index contributed by atoms with van der Waals surface area (Å²) in [4.78, 5) is 0. The first-order chi connectivity index (χ1) is 13.1. The van der Waals surface area contributed by atoms with E-state index in [1.165, 1.54) is 16.8 Å². The van der Waals surface area contributed by atoms with Crippen molar-refractivity contribution in [1.82, 2.24) is 14.9 Å². The van der Waals surface area contributed by atoms with E-state index in [0.717, 1.165) is 11.1 Å². The molecule has 2 aromatic carbocycles. The van der Waals surface area contributed by atoms with Crippen LogP contribution in [0.15, 0.2) is 47.6 Å². The summed E-state index contributed by atoms with van der Waals surface area (Å²) in [7, 11) is 1.58. The van der Waals surface area contributed by atoms with Crippen LogP contribution < -0.4 is 9.47 Å². The van der Waals surface area contributed by atoms with Crippen LogP contribution in [0.2, 0.25) is 0 Å². The normalized spacial score (nSPS) is 11.1. The average Bonchev–Trinajstić information content (AvgIpc) is 3.01. The fraction of sp³-hybridized carbons (Fsp3) is 0.211. The molecule has 0 saturated carbocycles. The molecule has 0 saturated heterocycles. The Kier molecular flexibility index (Phi) is 5.97. The van der Waals surface area contributed by atoms with Gasteiger partial charge < -0.3 is 9.47 Å². The summed E-state index contributed by atoms with van der Waals surface area (Å²) in [6.07, 6.45) is 2.10. The van der Waals surface area contributed by atoms with Crippen LogP contribution in [0.1, 0.15) is 23.9 Å². The number of rotatable bonds is 7. The number of nitrogens with zero attached hydrogens (tertiary/aromatic N) is 3. The fourth-order valence-corrected chi connectivity index (χ4v) is 2.78. The quantitative estimate of drug-likeness (QED) is 0.493. The molecule has 6 nitrogen and oxygen atoms in total. The number of nitrogens with one attached hydrogen (secondary N) is 1. The molecule has 140 valence electrons. The maximum absolute atomic E-state index is 13.1. The molecule has 1 heterocycles. The molecule has 0 aliphatic heterocycles. The second kappa shape index (κ2) is 8.59. The SMILES string of the molecule is CCOc1cccc(/C=N\n2c(Cc3ccc(F)cc3)n[nH]c2=S)c1OC. The monoisotopic (exact) mass is 386 g/mol.